The molecule has 0 aliphatic carbocycles. The first-order valence-corrected chi connectivity index (χ1v) is 4.69. The molecule has 0 amide bonds. The second-order valence-corrected chi connectivity index (χ2v) is 3.08. The van der Waals surface area contributed by atoms with E-state index in [1.165, 1.54) is 25.1 Å². The van der Waals surface area contributed by atoms with Crippen LogP contribution in [0.15, 0.2) is 30.4 Å². The van der Waals surface area contributed by atoms with Gasteiger partial charge in [0.1, 0.15) is 18.2 Å². The Morgan fingerprint density at radius 1 is 1.53 bits per heavy atom. The number of hydrogen-bond donors (Lipinski definition) is 0. The minimum absolute atomic E-state index is 0.204. The largest absolute Gasteiger partial charge is 0.489 e. The average molecular weight is 208 g/mol. The predicted octanol–water partition coefficient (Wildman–Crippen LogP) is 2.98. The molecule has 0 N–H and O–H groups in total. The van der Waals surface area contributed by atoms with Crippen molar-refractivity contribution >= 4 is 5.78 Å². The van der Waals surface area contributed by atoms with Gasteiger partial charge in [-0.25, -0.2) is 4.39 Å². The quantitative estimate of drug-likeness (QED) is 0.561. The number of allylic oxidation sites excluding steroid dienone is 1. The Morgan fingerprint density at radius 2 is 2.27 bits per heavy atom. The van der Waals surface area contributed by atoms with Gasteiger partial charge in [-0.1, -0.05) is 12.2 Å². The van der Waals surface area contributed by atoms with Gasteiger partial charge < -0.3 is 4.74 Å². The molecule has 2 nitrogen and oxygen atoms in total. The molecule has 0 aliphatic rings. The van der Waals surface area contributed by atoms with Crippen molar-refractivity contribution < 1.29 is 13.9 Å². The Balaban J connectivity index is 2.90. The van der Waals surface area contributed by atoms with E-state index in [9.17, 15) is 9.18 Å². The molecule has 1 aromatic rings. The van der Waals surface area contributed by atoms with Crippen LogP contribution < -0.4 is 4.74 Å². The van der Waals surface area contributed by atoms with Crippen LogP contribution in [0.4, 0.5) is 4.39 Å². The van der Waals surface area contributed by atoms with Crippen LogP contribution in [-0.2, 0) is 0 Å². The number of ether oxygens (including phenoxy) is 1. The van der Waals surface area contributed by atoms with Gasteiger partial charge in [0.25, 0.3) is 0 Å². The lowest BCUT2D eigenvalue weighted by Crippen LogP contribution is -2.01. The second kappa shape index (κ2) is 5.29. The SMILES string of the molecule is CC=CCOc1ccc(F)cc1C(C)=O. The van der Waals surface area contributed by atoms with Gasteiger partial charge in [0, 0.05) is 0 Å². The summed E-state index contributed by atoms with van der Waals surface area (Å²) in [5.41, 5.74) is 0.277. The number of halogens is 1. The summed E-state index contributed by atoms with van der Waals surface area (Å²) in [5, 5.41) is 0. The van der Waals surface area contributed by atoms with Crippen molar-refractivity contribution in [3.8, 4) is 5.75 Å². The fourth-order valence-corrected chi connectivity index (χ4v) is 1.14. The Kier molecular flexibility index (Phi) is 4.03. The van der Waals surface area contributed by atoms with Gasteiger partial charge in [0.15, 0.2) is 5.78 Å². The van der Waals surface area contributed by atoms with Crippen LogP contribution in [0.1, 0.15) is 24.2 Å². The standard InChI is InChI=1S/C12H13FO2/c1-3-4-7-15-12-6-5-10(13)8-11(12)9(2)14/h3-6,8H,7H2,1-2H3. The maximum absolute atomic E-state index is 12.9. The number of benzene rings is 1. The minimum atomic E-state index is -0.432. The van der Waals surface area contributed by atoms with Crippen LogP contribution in [0.2, 0.25) is 0 Å². The van der Waals surface area contributed by atoms with Crippen molar-refractivity contribution in [2.75, 3.05) is 6.61 Å². The lowest BCUT2D eigenvalue weighted by Gasteiger charge is -2.07. The van der Waals surface area contributed by atoms with Gasteiger partial charge in [-0.05, 0) is 32.0 Å². The summed E-state index contributed by atoms with van der Waals surface area (Å²) in [5.74, 6) is -0.217. The number of ketones is 1. The van der Waals surface area contributed by atoms with E-state index in [0.29, 0.717) is 12.4 Å². The molecule has 15 heavy (non-hydrogen) atoms. The first-order chi connectivity index (χ1) is 7.15. The number of carbonyl (C=O) groups excluding carboxylic acids is 1. The smallest absolute Gasteiger partial charge is 0.163 e. The van der Waals surface area contributed by atoms with Gasteiger partial charge >= 0.3 is 0 Å². The summed E-state index contributed by atoms with van der Waals surface area (Å²) in [6.07, 6.45) is 3.66. The monoisotopic (exact) mass is 208 g/mol. The summed E-state index contributed by atoms with van der Waals surface area (Å²) < 4.78 is 18.2. The van der Waals surface area contributed by atoms with Gasteiger partial charge in [-0.2, -0.15) is 0 Å². The van der Waals surface area contributed by atoms with E-state index in [1.807, 2.05) is 19.1 Å². The molecule has 3 heteroatoms. The van der Waals surface area contributed by atoms with Gasteiger partial charge in [-0.15, -0.1) is 0 Å². The molecule has 0 saturated heterocycles. The molecule has 1 aromatic carbocycles. The Bertz CT molecular complexity index is 383. The number of carbonyl (C=O) groups is 1. The van der Waals surface area contributed by atoms with Crippen LogP contribution in [0.3, 0.4) is 0 Å². The highest BCUT2D eigenvalue weighted by Crippen LogP contribution is 2.20. The summed E-state index contributed by atoms with van der Waals surface area (Å²) in [6, 6.07) is 3.93. The van der Waals surface area contributed by atoms with E-state index in [2.05, 4.69) is 0 Å². The zero-order chi connectivity index (χ0) is 11.3. The molecule has 0 aliphatic heterocycles. The average Bonchev–Trinajstić information content (AvgIpc) is 2.20. The lowest BCUT2D eigenvalue weighted by atomic mass is 10.1. The van der Waals surface area contributed by atoms with E-state index in [1.54, 1.807) is 0 Å². The topological polar surface area (TPSA) is 26.3 Å². The minimum Gasteiger partial charge on any atom is -0.489 e. The van der Waals surface area contributed by atoms with E-state index in [-0.39, 0.29) is 11.3 Å². The third-order valence-electron chi connectivity index (χ3n) is 1.89. The maximum Gasteiger partial charge on any atom is 0.163 e. The number of hydrogen-bond acceptors (Lipinski definition) is 2. The number of Topliss-reactive ketones (excluding diaryl/α,β-unsaturated/α-hetero) is 1. The second-order valence-electron chi connectivity index (χ2n) is 3.08. The van der Waals surface area contributed by atoms with Crippen molar-refractivity contribution in [2.24, 2.45) is 0 Å². The highest BCUT2D eigenvalue weighted by molar-refractivity contribution is 5.96. The molecule has 0 radical (unpaired) electrons. The molecule has 0 aromatic heterocycles. The zero-order valence-electron chi connectivity index (χ0n) is 8.79. The molecule has 1 rings (SSSR count). The molecule has 0 heterocycles. The normalized spacial score (nSPS) is 10.6. The molecule has 0 atom stereocenters. The summed E-state index contributed by atoms with van der Waals surface area (Å²) in [6.45, 7) is 3.64. The van der Waals surface area contributed by atoms with Crippen LogP contribution in [-0.4, -0.2) is 12.4 Å². The maximum atomic E-state index is 12.9. The van der Waals surface area contributed by atoms with Crippen molar-refractivity contribution in [3.05, 3.63) is 41.7 Å². The van der Waals surface area contributed by atoms with Crippen molar-refractivity contribution in [1.82, 2.24) is 0 Å². The molecule has 0 saturated carbocycles. The highest BCUT2D eigenvalue weighted by Gasteiger charge is 2.09. The van der Waals surface area contributed by atoms with E-state index in [4.69, 9.17) is 4.74 Å². The molecule has 0 spiro atoms. The van der Waals surface area contributed by atoms with E-state index >= 15 is 0 Å². The van der Waals surface area contributed by atoms with Gasteiger partial charge in [-0.3, -0.25) is 4.79 Å². The Labute approximate surface area is 88.4 Å². The molecule has 0 bridgehead atoms. The van der Waals surface area contributed by atoms with Gasteiger partial charge in [0.2, 0.25) is 0 Å². The molecular formula is C12H13FO2. The molecule has 0 fully saturated rings. The van der Waals surface area contributed by atoms with Crippen molar-refractivity contribution in [1.29, 1.82) is 0 Å². The lowest BCUT2D eigenvalue weighted by molar-refractivity contribution is 0.101. The summed E-state index contributed by atoms with van der Waals surface area (Å²) >= 11 is 0. The predicted molar refractivity (Wildman–Crippen MR) is 56.7 cm³/mol. The van der Waals surface area contributed by atoms with Crippen LogP contribution >= 0.6 is 0 Å². The van der Waals surface area contributed by atoms with Crippen LogP contribution in [0.25, 0.3) is 0 Å². The molecule has 80 valence electrons. The zero-order valence-corrected chi connectivity index (χ0v) is 8.79. The molecule has 0 unspecified atom stereocenters. The van der Waals surface area contributed by atoms with E-state index < -0.39 is 5.82 Å². The third-order valence-corrected chi connectivity index (χ3v) is 1.89. The third kappa shape index (κ3) is 3.20. The molecular weight excluding hydrogens is 195 g/mol. The van der Waals surface area contributed by atoms with Gasteiger partial charge in [0.05, 0.1) is 5.56 Å². The fourth-order valence-electron chi connectivity index (χ4n) is 1.14. The summed E-state index contributed by atoms with van der Waals surface area (Å²) in [4.78, 5) is 11.2. The number of rotatable bonds is 4. The first kappa shape index (κ1) is 11.4. The van der Waals surface area contributed by atoms with Crippen molar-refractivity contribution in [3.63, 3.8) is 0 Å². The van der Waals surface area contributed by atoms with Crippen molar-refractivity contribution in [2.45, 2.75) is 13.8 Å². The Hall–Kier alpha value is -1.64. The summed E-state index contributed by atoms with van der Waals surface area (Å²) in [7, 11) is 0. The van der Waals surface area contributed by atoms with E-state index in [0.717, 1.165) is 0 Å². The highest BCUT2D eigenvalue weighted by atomic mass is 19.1. The van der Waals surface area contributed by atoms with Crippen LogP contribution in [0, 0.1) is 5.82 Å². The first-order valence-electron chi connectivity index (χ1n) is 4.69. The van der Waals surface area contributed by atoms with Crippen LogP contribution in [0.5, 0.6) is 5.75 Å². The Morgan fingerprint density at radius 3 is 2.87 bits per heavy atom. The fraction of sp³-hybridized carbons (Fsp3) is 0.250.